The van der Waals surface area contributed by atoms with Crippen LogP contribution >= 0.6 is 35.0 Å². The zero-order chi connectivity index (χ0) is 18.0. The second-order valence-electron chi connectivity index (χ2n) is 5.42. The number of amidine groups is 1. The Balaban J connectivity index is 1.89. The van der Waals surface area contributed by atoms with Gasteiger partial charge in [0.2, 0.25) is 0 Å². The van der Waals surface area contributed by atoms with Gasteiger partial charge in [-0.15, -0.1) is 0 Å². The summed E-state index contributed by atoms with van der Waals surface area (Å²) in [5, 5.41) is 4.36. The average Bonchev–Trinajstić information content (AvgIpc) is 2.99. The van der Waals surface area contributed by atoms with Crippen LogP contribution in [0.2, 0.25) is 10.0 Å². The molecular formula is C17H14Cl2FN3OS. The van der Waals surface area contributed by atoms with Gasteiger partial charge in [-0.2, -0.15) is 0 Å². The Hall–Kier alpha value is -1.76. The lowest BCUT2D eigenvalue weighted by atomic mass is 10.3. The van der Waals surface area contributed by atoms with E-state index in [0.29, 0.717) is 33.1 Å². The van der Waals surface area contributed by atoms with Gasteiger partial charge in [-0.3, -0.25) is 4.99 Å². The maximum Gasteiger partial charge on any atom is 0.332 e. The van der Waals surface area contributed by atoms with Crippen molar-refractivity contribution >= 4 is 57.5 Å². The van der Waals surface area contributed by atoms with Crippen LogP contribution in [0.5, 0.6) is 0 Å². The standard InChI is InChI=1S/C17H14Cl2FN3OS/c1-10-9-21-17(25-10)23(13-5-2-11(20)3-6-13)16(24)22-12-4-7-14(18)15(19)8-12/h2-8,10H,9H2,1H3,(H,22,24)/t10-/m0/s1. The van der Waals surface area contributed by atoms with E-state index >= 15 is 0 Å². The zero-order valence-corrected chi connectivity index (χ0v) is 15.5. The number of anilines is 2. The maximum absolute atomic E-state index is 13.2. The second-order valence-corrected chi connectivity index (χ2v) is 7.64. The third kappa shape index (κ3) is 4.26. The topological polar surface area (TPSA) is 44.7 Å². The highest BCUT2D eigenvalue weighted by molar-refractivity contribution is 8.15. The number of hydrogen-bond donors (Lipinski definition) is 1. The van der Waals surface area contributed by atoms with Gasteiger partial charge in [0.1, 0.15) is 5.82 Å². The van der Waals surface area contributed by atoms with Gasteiger partial charge in [-0.1, -0.05) is 41.9 Å². The molecule has 130 valence electrons. The number of amides is 2. The molecule has 8 heteroatoms. The molecule has 25 heavy (non-hydrogen) atoms. The van der Waals surface area contributed by atoms with E-state index in [4.69, 9.17) is 23.2 Å². The van der Waals surface area contributed by atoms with Crippen LogP contribution in [0.4, 0.5) is 20.6 Å². The third-order valence-corrected chi connectivity index (χ3v) is 5.25. The number of nitrogens with one attached hydrogen (secondary N) is 1. The van der Waals surface area contributed by atoms with E-state index < -0.39 is 6.03 Å². The molecule has 0 radical (unpaired) electrons. The number of rotatable bonds is 2. The number of hydrogen-bond acceptors (Lipinski definition) is 3. The van der Waals surface area contributed by atoms with Crippen LogP contribution < -0.4 is 10.2 Å². The number of carbonyl (C=O) groups excluding carboxylic acids is 1. The van der Waals surface area contributed by atoms with Crippen molar-refractivity contribution in [3.63, 3.8) is 0 Å². The van der Waals surface area contributed by atoms with E-state index in [-0.39, 0.29) is 11.1 Å². The summed E-state index contributed by atoms with van der Waals surface area (Å²) in [5.41, 5.74) is 1.03. The number of benzene rings is 2. The molecule has 0 aromatic heterocycles. The molecule has 1 atom stereocenters. The van der Waals surface area contributed by atoms with E-state index in [1.807, 2.05) is 6.92 Å². The van der Waals surface area contributed by atoms with Crippen LogP contribution in [-0.4, -0.2) is 23.0 Å². The molecule has 0 saturated heterocycles. The highest BCUT2D eigenvalue weighted by Crippen LogP contribution is 2.29. The molecule has 2 aromatic carbocycles. The van der Waals surface area contributed by atoms with Crippen molar-refractivity contribution in [2.75, 3.05) is 16.8 Å². The first-order valence-electron chi connectivity index (χ1n) is 7.47. The monoisotopic (exact) mass is 397 g/mol. The smallest absolute Gasteiger partial charge is 0.307 e. The summed E-state index contributed by atoms with van der Waals surface area (Å²) in [5.74, 6) is -0.372. The van der Waals surface area contributed by atoms with Crippen molar-refractivity contribution in [3.8, 4) is 0 Å². The first-order valence-corrected chi connectivity index (χ1v) is 9.10. The van der Waals surface area contributed by atoms with Crippen LogP contribution in [0.25, 0.3) is 0 Å². The predicted molar refractivity (Wildman–Crippen MR) is 104 cm³/mol. The van der Waals surface area contributed by atoms with Crippen LogP contribution in [-0.2, 0) is 0 Å². The first-order chi connectivity index (χ1) is 11.9. The molecule has 0 aliphatic carbocycles. The third-order valence-electron chi connectivity index (χ3n) is 3.44. The SMILES string of the molecule is C[C@H]1CN=C(N(C(=O)Nc2ccc(Cl)c(Cl)c2)c2ccc(F)cc2)S1. The van der Waals surface area contributed by atoms with Gasteiger partial charge in [0.15, 0.2) is 5.17 Å². The van der Waals surface area contributed by atoms with Gasteiger partial charge in [0, 0.05) is 10.9 Å². The van der Waals surface area contributed by atoms with Crippen LogP contribution in [0.1, 0.15) is 6.92 Å². The number of urea groups is 1. The molecule has 0 fully saturated rings. The lowest BCUT2D eigenvalue weighted by molar-refractivity contribution is 0.259. The van der Waals surface area contributed by atoms with Crippen molar-refractivity contribution < 1.29 is 9.18 Å². The summed E-state index contributed by atoms with van der Waals surface area (Å²) < 4.78 is 13.2. The van der Waals surface area contributed by atoms with Gasteiger partial charge in [0.25, 0.3) is 0 Å². The highest BCUT2D eigenvalue weighted by atomic mass is 35.5. The molecule has 0 bridgehead atoms. The Morgan fingerprint density at radius 3 is 2.56 bits per heavy atom. The maximum atomic E-state index is 13.2. The number of nitrogens with zero attached hydrogens (tertiary/aromatic N) is 2. The second kappa shape index (κ2) is 7.64. The van der Waals surface area contributed by atoms with Crippen molar-refractivity contribution in [1.82, 2.24) is 0 Å². The predicted octanol–water partition coefficient (Wildman–Crippen LogP) is 5.66. The zero-order valence-electron chi connectivity index (χ0n) is 13.2. The Labute approximate surface area is 159 Å². The largest absolute Gasteiger partial charge is 0.332 e. The first kappa shape index (κ1) is 18.0. The van der Waals surface area contributed by atoms with E-state index in [2.05, 4.69) is 10.3 Å². The molecular weight excluding hydrogens is 384 g/mol. The summed E-state index contributed by atoms with van der Waals surface area (Å²) in [6, 6.07) is 10.1. The molecule has 2 amide bonds. The van der Waals surface area contributed by atoms with E-state index in [1.54, 1.807) is 18.2 Å². The van der Waals surface area contributed by atoms with Crippen LogP contribution in [0.3, 0.4) is 0 Å². The highest BCUT2D eigenvalue weighted by Gasteiger charge is 2.27. The number of halogens is 3. The number of carbonyl (C=O) groups is 1. The van der Waals surface area contributed by atoms with Gasteiger partial charge in [-0.05, 0) is 42.5 Å². The number of thioether (sulfide) groups is 1. The minimum Gasteiger partial charge on any atom is -0.307 e. The van der Waals surface area contributed by atoms with Crippen LogP contribution in [0, 0.1) is 5.82 Å². The van der Waals surface area contributed by atoms with Crippen molar-refractivity contribution in [2.24, 2.45) is 4.99 Å². The van der Waals surface area contributed by atoms with Crippen LogP contribution in [0.15, 0.2) is 47.5 Å². The van der Waals surface area contributed by atoms with Crippen molar-refractivity contribution in [2.45, 2.75) is 12.2 Å². The molecule has 0 spiro atoms. The summed E-state index contributed by atoms with van der Waals surface area (Å²) in [6.07, 6.45) is 0. The Morgan fingerprint density at radius 1 is 1.24 bits per heavy atom. The molecule has 3 rings (SSSR count). The summed E-state index contributed by atoms with van der Waals surface area (Å²) >= 11 is 13.4. The Kier molecular flexibility index (Phi) is 5.51. The lowest BCUT2D eigenvalue weighted by Crippen LogP contribution is -2.38. The molecule has 1 aliphatic rings. The molecule has 0 saturated carbocycles. The van der Waals surface area contributed by atoms with Gasteiger partial charge < -0.3 is 5.32 Å². The molecule has 4 nitrogen and oxygen atoms in total. The fourth-order valence-electron chi connectivity index (χ4n) is 2.24. The normalized spacial score (nSPS) is 16.5. The van der Waals surface area contributed by atoms with Crippen molar-refractivity contribution in [1.29, 1.82) is 0 Å². The lowest BCUT2D eigenvalue weighted by Gasteiger charge is -2.23. The summed E-state index contributed by atoms with van der Waals surface area (Å²) in [6.45, 7) is 2.65. The van der Waals surface area contributed by atoms with Crippen molar-refractivity contribution in [3.05, 3.63) is 58.3 Å². The Morgan fingerprint density at radius 2 is 1.96 bits per heavy atom. The molecule has 1 heterocycles. The quantitative estimate of drug-likeness (QED) is 0.709. The van der Waals surface area contributed by atoms with E-state index in [0.717, 1.165) is 0 Å². The molecule has 0 unspecified atom stereocenters. The fourth-order valence-corrected chi connectivity index (χ4v) is 3.49. The minimum atomic E-state index is -0.412. The van der Waals surface area contributed by atoms with E-state index in [9.17, 15) is 9.18 Å². The average molecular weight is 398 g/mol. The van der Waals surface area contributed by atoms with Gasteiger partial charge in [-0.25, -0.2) is 14.1 Å². The molecule has 2 aromatic rings. The number of aliphatic imine (C=N–C) groups is 1. The van der Waals surface area contributed by atoms with Gasteiger partial charge in [0.05, 0.1) is 22.3 Å². The fraction of sp³-hybridized carbons (Fsp3) is 0.176. The van der Waals surface area contributed by atoms with Gasteiger partial charge >= 0.3 is 6.03 Å². The Bertz CT molecular complexity index is 829. The molecule has 1 N–H and O–H groups in total. The summed E-state index contributed by atoms with van der Waals surface area (Å²) in [7, 11) is 0. The summed E-state index contributed by atoms with van der Waals surface area (Å²) in [4.78, 5) is 18.7. The minimum absolute atomic E-state index is 0.274. The van der Waals surface area contributed by atoms with E-state index in [1.165, 1.54) is 40.9 Å². The molecule has 1 aliphatic heterocycles.